The lowest BCUT2D eigenvalue weighted by Gasteiger charge is -2.27. The number of benzene rings is 4. The molecule has 1 amide bonds. The lowest BCUT2D eigenvalue weighted by molar-refractivity contribution is -0.123. The van der Waals surface area contributed by atoms with Gasteiger partial charge in [0, 0.05) is 29.1 Å². The van der Waals surface area contributed by atoms with Crippen molar-refractivity contribution in [2.24, 2.45) is 0 Å². The van der Waals surface area contributed by atoms with Crippen molar-refractivity contribution in [2.75, 3.05) is 7.11 Å². The number of carbonyl (C=O) groups excluding carboxylic acids is 3. The number of ether oxygens (including phenoxy) is 3. The molecule has 1 heterocycles. The first-order chi connectivity index (χ1) is 21.0. The summed E-state index contributed by atoms with van der Waals surface area (Å²) in [7, 11) is 1.33. The number of fused-ring (bicyclic) bond motifs is 4. The van der Waals surface area contributed by atoms with Gasteiger partial charge < -0.3 is 29.7 Å². The number of nitrogens with one attached hydrogen (secondary N) is 1. The van der Waals surface area contributed by atoms with Crippen LogP contribution in [-0.2, 0) is 21.5 Å². The summed E-state index contributed by atoms with van der Waals surface area (Å²) in [5.74, 6) is -1.77. The zero-order valence-corrected chi connectivity index (χ0v) is 24.6. The molecular weight excluding hydrogens is 586 g/mol. The minimum Gasteiger partial charge on any atom is -0.507 e. The third-order valence-corrected chi connectivity index (χ3v) is 8.14. The number of aromatic hydroxyl groups is 1. The molecule has 4 aromatic carbocycles. The molecule has 1 atom stereocenters. The van der Waals surface area contributed by atoms with Gasteiger partial charge in [-0.1, -0.05) is 41.9 Å². The summed E-state index contributed by atoms with van der Waals surface area (Å²) in [5, 5.41) is 26.6. The van der Waals surface area contributed by atoms with Crippen molar-refractivity contribution in [3.8, 4) is 28.7 Å². The van der Waals surface area contributed by atoms with Gasteiger partial charge in [0.1, 0.15) is 51.1 Å². The van der Waals surface area contributed by atoms with Crippen molar-refractivity contribution in [1.29, 1.82) is 0 Å². The number of halogens is 1. The van der Waals surface area contributed by atoms with Crippen LogP contribution in [0.5, 0.6) is 28.7 Å². The molecule has 0 aromatic heterocycles. The van der Waals surface area contributed by atoms with Gasteiger partial charge in [0.15, 0.2) is 17.3 Å². The quantitative estimate of drug-likeness (QED) is 0.203. The average Bonchev–Trinajstić information content (AvgIpc) is 3.30. The second-order valence-corrected chi connectivity index (χ2v) is 11.0. The van der Waals surface area contributed by atoms with Crippen LogP contribution in [0.25, 0.3) is 10.8 Å². The highest BCUT2D eigenvalue weighted by atomic mass is 35.5. The Bertz CT molecular complexity index is 1960. The lowest BCUT2D eigenvalue weighted by Crippen LogP contribution is -2.38. The third kappa shape index (κ3) is 4.53. The summed E-state index contributed by atoms with van der Waals surface area (Å²) in [5.41, 5.74) is -1.32. The second-order valence-electron chi connectivity index (χ2n) is 10.6. The largest absolute Gasteiger partial charge is 0.507 e. The molecule has 4 aromatic rings. The van der Waals surface area contributed by atoms with Crippen molar-refractivity contribution in [2.45, 2.75) is 25.8 Å². The van der Waals surface area contributed by atoms with E-state index in [0.717, 1.165) is 29.3 Å². The molecule has 0 radical (unpaired) electrons. The number of aliphatic hydroxyl groups excluding tert-OH is 1. The molecule has 1 aliphatic carbocycles. The lowest BCUT2D eigenvalue weighted by atomic mass is 9.71. The Labute approximate surface area is 256 Å². The molecule has 0 saturated carbocycles. The van der Waals surface area contributed by atoms with E-state index < -0.39 is 34.2 Å². The van der Waals surface area contributed by atoms with E-state index in [2.05, 4.69) is 5.32 Å². The molecular formula is C34H26ClNO8. The molecule has 0 fully saturated rings. The number of hydrogen-bond acceptors (Lipinski definition) is 8. The van der Waals surface area contributed by atoms with Gasteiger partial charge in [-0.05, 0) is 55.1 Å². The third-order valence-electron chi connectivity index (χ3n) is 7.89. The van der Waals surface area contributed by atoms with Gasteiger partial charge in [-0.15, -0.1) is 0 Å². The fraction of sp³-hybridized carbons (Fsp3) is 0.147. The molecule has 0 bridgehead atoms. The van der Waals surface area contributed by atoms with E-state index in [-0.39, 0.29) is 40.7 Å². The molecule has 0 unspecified atom stereocenters. The summed E-state index contributed by atoms with van der Waals surface area (Å²) < 4.78 is 17.5. The number of hydrogen-bond donors (Lipinski definition) is 3. The number of carbonyl (C=O) groups is 3. The van der Waals surface area contributed by atoms with Crippen molar-refractivity contribution in [3.05, 3.63) is 112 Å². The normalized spacial score (nSPS) is 17.0. The summed E-state index contributed by atoms with van der Waals surface area (Å²) in [4.78, 5) is 39.5. The van der Waals surface area contributed by atoms with Crippen LogP contribution in [0.3, 0.4) is 0 Å². The van der Waals surface area contributed by atoms with Crippen LogP contribution in [0.4, 0.5) is 0 Å². The molecule has 44 heavy (non-hydrogen) atoms. The van der Waals surface area contributed by atoms with E-state index >= 15 is 0 Å². The smallest absolute Gasteiger partial charge is 0.259 e. The molecule has 3 N–H and O–H groups in total. The number of aliphatic hydroxyl groups is 1. The van der Waals surface area contributed by atoms with Crippen LogP contribution in [0.15, 0.2) is 89.9 Å². The van der Waals surface area contributed by atoms with Gasteiger partial charge in [-0.3, -0.25) is 14.4 Å². The van der Waals surface area contributed by atoms with Crippen LogP contribution in [0.2, 0.25) is 5.02 Å². The Hall–Kier alpha value is -5.28. The fourth-order valence-electron chi connectivity index (χ4n) is 5.69. The van der Waals surface area contributed by atoms with Gasteiger partial charge in [0.2, 0.25) is 0 Å². The topological polar surface area (TPSA) is 131 Å². The predicted molar refractivity (Wildman–Crippen MR) is 163 cm³/mol. The average molecular weight is 612 g/mol. The monoisotopic (exact) mass is 611 g/mol. The van der Waals surface area contributed by atoms with Crippen molar-refractivity contribution < 1.29 is 38.8 Å². The van der Waals surface area contributed by atoms with Crippen molar-refractivity contribution in [1.82, 2.24) is 5.32 Å². The first kappa shape index (κ1) is 28.8. The number of rotatable bonds is 7. The zero-order valence-electron chi connectivity index (χ0n) is 23.9. The Kier molecular flexibility index (Phi) is 7.05. The van der Waals surface area contributed by atoms with Crippen LogP contribution >= 0.6 is 11.6 Å². The Morgan fingerprint density at radius 3 is 2.39 bits per heavy atom. The maximum atomic E-state index is 13.8. The SMILES string of the molecule is COc1cc(O)c2c(c1C(=O)NCc1ccc(Oc3ccc(Cl)cc3)c3ccccc13)OC1=CC(O)=C(C(C)=O)C(=O)[C@]12C. The van der Waals surface area contributed by atoms with E-state index in [1.165, 1.54) is 20.1 Å². The molecule has 10 heteroatoms. The van der Waals surface area contributed by atoms with Crippen molar-refractivity contribution in [3.63, 3.8) is 0 Å². The summed E-state index contributed by atoms with van der Waals surface area (Å²) in [6.07, 6.45) is 1.16. The standard InChI is InChI=1S/C34H26ClNO8/c1-17(37)28-23(38)15-27-34(2,32(28)40)30-24(39)14-26(42-3)29(31(30)44-27)33(41)36-16-18-8-13-25(22-7-5-4-6-21(18)22)43-20-11-9-19(35)10-12-20/h4-15,38-39H,16H2,1-3H3,(H,36,41)/t34-/m1/s1. The minimum absolute atomic E-state index is 0.0000935. The Morgan fingerprint density at radius 1 is 1.00 bits per heavy atom. The molecule has 9 nitrogen and oxygen atoms in total. The van der Waals surface area contributed by atoms with Gasteiger partial charge >= 0.3 is 0 Å². The van der Waals surface area contributed by atoms with Crippen molar-refractivity contribution >= 4 is 39.8 Å². The van der Waals surface area contributed by atoms with E-state index in [1.54, 1.807) is 24.3 Å². The zero-order chi connectivity index (χ0) is 31.3. The molecule has 1 aliphatic heterocycles. The first-order valence-electron chi connectivity index (χ1n) is 13.6. The molecule has 2 aliphatic rings. The summed E-state index contributed by atoms with van der Waals surface area (Å²) >= 11 is 6.00. The van der Waals surface area contributed by atoms with Crippen LogP contribution in [0.1, 0.15) is 35.3 Å². The number of allylic oxidation sites excluding steroid dienone is 3. The first-order valence-corrected chi connectivity index (χ1v) is 14.0. The predicted octanol–water partition coefficient (Wildman–Crippen LogP) is 6.45. The molecule has 0 saturated heterocycles. The highest BCUT2D eigenvalue weighted by Crippen LogP contribution is 2.56. The fourth-order valence-corrected chi connectivity index (χ4v) is 5.82. The van der Waals surface area contributed by atoms with Gasteiger partial charge in [-0.25, -0.2) is 0 Å². The molecule has 222 valence electrons. The number of amides is 1. The number of ketones is 2. The maximum Gasteiger partial charge on any atom is 0.259 e. The Morgan fingerprint density at radius 2 is 1.70 bits per heavy atom. The Balaban J connectivity index is 1.34. The second kappa shape index (κ2) is 10.8. The number of Topliss-reactive ketones (excluding diaryl/α,β-unsaturated/α-hetero) is 2. The maximum absolute atomic E-state index is 13.8. The van der Waals surface area contributed by atoms with E-state index in [9.17, 15) is 24.6 Å². The molecule has 6 rings (SSSR count). The summed E-state index contributed by atoms with van der Waals surface area (Å²) in [6.45, 7) is 2.74. The van der Waals surface area contributed by atoms with Crippen LogP contribution < -0.4 is 19.5 Å². The van der Waals surface area contributed by atoms with Crippen LogP contribution in [-0.4, -0.2) is 34.8 Å². The number of methoxy groups -OCH3 is 1. The highest BCUT2D eigenvalue weighted by Gasteiger charge is 2.55. The van der Waals surface area contributed by atoms with Gasteiger partial charge in [0.05, 0.1) is 12.7 Å². The number of phenols is 1. The number of phenolic OH excluding ortho intramolecular Hbond substituents is 1. The van der Waals surface area contributed by atoms with E-state index in [0.29, 0.717) is 16.5 Å². The van der Waals surface area contributed by atoms with E-state index in [1.807, 2.05) is 36.4 Å². The molecule has 0 spiro atoms. The van der Waals surface area contributed by atoms with E-state index in [4.69, 9.17) is 25.8 Å². The van der Waals surface area contributed by atoms with Gasteiger partial charge in [-0.2, -0.15) is 0 Å². The highest BCUT2D eigenvalue weighted by molar-refractivity contribution is 6.30. The van der Waals surface area contributed by atoms with Crippen LogP contribution in [0, 0.1) is 0 Å². The van der Waals surface area contributed by atoms with Gasteiger partial charge in [0.25, 0.3) is 5.91 Å². The summed E-state index contributed by atoms with van der Waals surface area (Å²) in [6, 6.07) is 19.5. The minimum atomic E-state index is -1.65.